The first-order valence-corrected chi connectivity index (χ1v) is 13.7. The number of halogens is 1. The maximum Gasteiger partial charge on any atom is 0.251 e. The van der Waals surface area contributed by atoms with Crippen LogP contribution in [0.4, 0.5) is 17.3 Å². The number of carbonyl (C=O) groups excluding carboxylic acids is 2. The number of aromatic nitrogens is 3. The molecule has 1 fully saturated rings. The zero-order valence-corrected chi connectivity index (χ0v) is 22.5. The Balaban J connectivity index is 1.14. The van der Waals surface area contributed by atoms with Gasteiger partial charge in [0, 0.05) is 52.5 Å². The topological polar surface area (TPSA) is 112 Å². The second-order valence-corrected chi connectivity index (χ2v) is 10.4. The van der Waals surface area contributed by atoms with Crippen LogP contribution in [0.3, 0.4) is 0 Å². The smallest absolute Gasteiger partial charge is 0.251 e. The number of fused-ring (bicyclic) bond motifs is 3. The molecule has 0 radical (unpaired) electrons. The van der Waals surface area contributed by atoms with Gasteiger partial charge in [0.2, 0.25) is 11.9 Å². The van der Waals surface area contributed by atoms with Gasteiger partial charge in [-0.3, -0.25) is 19.5 Å². The Morgan fingerprint density at radius 1 is 1.07 bits per heavy atom. The zero-order chi connectivity index (χ0) is 27.5. The van der Waals surface area contributed by atoms with Crippen LogP contribution in [-0.4, -0.2) is 51.3 Å². The van der Waals surface area contributed by atoms with Crippen molar-refractivity contribution in [2.24, 2.45) is 0 Å². The maximum absolute atomic E-state index is 13.0. The van der Waals surface area contributed by atoms with Gasteiger partial charge in [0.15, 0.2) is 0 Å². The van der Waals surface area contributed by atoms with Crippen molar-refractivity contribution in [2.45, 2.75) is 25.3 Å². The van der Waals surface area contributed by atoms with Crippen molar-refractivity contribution in [1.29, 1.82) is 0 Å². The van der Waals surface area contributed by atoms with E-state index in [1.165, 1.54) is 12.8 Å². The second-order valence-electron chi connectivity index (χ2n) is 9.94. The highest BCUT2D eigenvalue weighted by molar-refractivity contribution is 6.31. The molecule has 40 heavy (non-hydrogen) atoms. The molecule has 0 saturated carbocycles. The number of likely N-dealkylation sites (tertiary alicyclic amines) is 1. The highest BCUT2D eigenvalue weighted by Gasteiger charge is 2.25. The Morgan fingerprint density at radius 3 is 2.67 bits per heavy atom. The van der Waals surface area contributed by atoms with Crippen LogP contribution >= 0.6 is 11.6 Å². The van der Waals surface area contributed by atoms with Gasteiger partial charge in [-0.2, -0.15) is 0 Å². The Kier molecular flexibility index (Phi) is 7.39. The minimum atomic E-state index is -0.146. The van der Waals surface area contributed by atoms with Crippen molar-refractivity contribution in [2.75, 3.05) is 30.3 Å². The molecule has 10 heteroatoms. The van der Waals surface area contributed by atoms with E-state index in [2.05, 4.69) is 36.9 Å². The third-order valence-electron chi connectivity index (χ3n) is 7.24. The first-order valence-electron chi connectivity index (χ1n) is 13.3. The lowest BCUT2D eigenvalue weighted by Gasteiger charge is -2.28. The molecule has 2 amide bonds. The minimum Gasteiger partial charge on any atom is -0.350 e. The Morgan fingerprint density at radius 2 is 1.90 bits per heavy atom. The summed E-state index contributed by atoms with van der Waals surface area (Å²) in [4.78, 5) is 41.1. The van der Waals surface area contributed by atoms with E-state index < -0.39 is 0 Å². The lowest BCUT2D eigenvalue weighted by molar-refractivity contribution is -0.115. The fourth-order valence-corrected chi connectivity index (χ4v) is 5.41. The number of carbonyl (C=O) groups is 2. The number of nitrogens with zero attached hydrogens (tertiary/aromatic N) is 4. The Labute approximate surface area is 237 Å². The molecule has 4 aromatic rings. The highest BCUT2D eigenvalue weighted by Crippen LogP contribution is 2.35. The molecule has 2 aliphatic rings. The molecule has 202 valence electrons. The summed E-state index contributed by atoms with van der Waals surface area (Å²) in [6, 6.07) is 16.6. The number of anilines is 3. The van der Waals surface area contributed by atoms with Crippen molar-refractivity contribution in [3.8, 4) is 11.3 Å². The van der Waals surface area contributed by atoms with E-state index in [4.69, 9.17) is 16.6 Å². The summed E-state index contributed by atoms with van der Waals surface area (Å²) in [6.07, 6.45) is 7.82. The van der Waals surface area contributed by atoms with E-state index >= 15 is 0 Å². The number of amides is 2. The molecular formula is C30H28ClN7O2. The van der Waals surface area contributed by atoms with Crippen LogP contribution < -0.4 is 16.0 Å². The van der Waals surface area contributed by atoms with Gasteiger partial charge in [-0.25, -0.2) is 9.97 Å². The minimum absolute atomic E-state index is 0.0955. The first kappa shape index (κ1) is 25.9. The summed E-state index contributed by atoms with van der Waals surface area (Å²) >= 11 is 6.14. The molecular weight excluding hydrogens is 526 g/mol. The number of rotatable bonds is 7. The molecule has 2 aliphatic heterocycles. The molecule has 0 bridgehead atoms. The van der Waals surface area contributed by atoms with Crippen LogP contribution in [0, 0.1) is 0 Å². The fourth-order valence-electron chi connectivity index (χ4n) is 5.23. The predicted octanol–water partition coefficient (Wildman–Crippen LogP) is 5.00. The summed E-state index contributed by atoms with van der Waals surface area (Å²) in [5.41, 5.74) is 5.20. The maximum atomic E-state index is 13.0. The van der Waals surface area contributed by atoms with Crippen LogP contribution in [0.5, 0.6) is 0 Å². The third kappa shape index (κ3) is 5.66. The molecule has 3 N–H and O–H groups in total. The summed E-state index contributed by atoms with van der Waals surface area (Å²) in [5, 5.41) is 9.72. The monoisotopic (exact) mass is 553 g/mol. The van der Waals surface area contributed by atoms with Gasteiger partial charge < -0.3 is 16.0 Å². The summed E-state index contributed by atoms with van der Waals surface area (Å²) in [5.74, 6) is 0.108. The average Bonchev–Trinajstić information content (AvgIpc) is 3.45. The van der Waals surface area contributed by atoms with Crippen molar-refractivity contribution in [3.63, 3.8) is 0 Å². The van der Waals surface area contributed by atoms with Crippen molar-refractivity contribution in [3.05, 3.63) is 94.9 Å². The standard InChI is InChI=1S/C30H28ClN7O2/c31-22-7-10-24-25(15-22)36-27(39)14-21-17-34-30(37-28(21)24)35-23-8-5-19(6-9-23)29(40)33-18-26(38-12-1-2-13-38)20-4-3-11-32-16-20/h3-11,15-17,26H,1-2,12-14,18H2,(H,33,40)(H,36,39)(H,34,35,37). The van der Waals surface area contributed by atoms with Crippen LogP contribution in [0.1, 0.15) is 40.4 Å². The van der Waals surface area contributed by atoms with Crippen LogP contribution in [-0.2, 0) is 11.2 Å². The summed E-state index contributed by atoms with van der Waals surface area (Å²) in [7, 11) is 0. The largest absolute Gasteiger partial charge is 0.350 e. The van der Waals surface area contributed by atoms with Gasteiger partial charge >= 0.3 is 0 Å². The van der Waals surface area contributed by atoms with E-state index in [1.54, 1.807) is 36.7 Å². The molecule has 1 unspecified atom stereocenters. The molecule has 2 aromatic heterocycles. The van der Waals surface area contributed by atoms with Crippen LogP contribution in [0.25, 0.3) is 11.3 Å². The van der Waals surface area contributed by atoms with E-state index in [0.29, 0.717) is 34.5 Å². The fraction of sp³-hybridized carbons (Fsp3) is 0.233. The van der Waals surface area contributed by atoms with Crippen molar-refractivity contribution in [1.82, 2.24) is 25.2 Å². The summed E-state index contributed by atoms with van der Waals surface area (Å²) in [6.45, 7) is 2.55. The van der Waals surface area contributed by atoms with Gasteiger partial charge in [-0.05, 0) is 80.0 Å². The lowest BCUT2D eigenvalue weighted by atomic mass is 10.1. The lowest BCUT2D eigenvalue weighted by Crippen LogP contribution is -2.36. The zero-order valence-electron chi connectivity index (χ0n) is 21.7. The predicted molar refractivity (Wildman–Crippen MR) is 155 cm³/mol. The van der Waals surface area contributed by atoms with Crippen molar-refractivity contribution >= 4 is 40.7 Å². The van der Waals surface area contributed by atoms with Gasteiger partial charge in [0.1, 0.15) is 0 Å². The molecule has 4 heterocycles. The molecule has 2 aromatic carbocycles. The molecule has 9 nitrogen and oxygen atoms in total. The number of hydrogen-bond acceptors (Lipinski definition) is 7. The quantitative estimate of drug-likeness (QED) is 0.295. The van der Waals surface area contributed by atoms with Gasteiger partial charge in [0.25, 0.3) is 5.91 Å². The van der Waals surface area contributed by atoms with Gasteiger partial charge in [-0.15, -0.1) is 0 Å². The molecule has 1 saturated heterocycles. The molecule has 6 rings (SSSR count). The Bertz CT molecular complexity index is 1540. The molecule has 0 spiro atoms. The van der Waals surface area contributed by atoms with E-state index in [9.17, 15) is 9.59 Å². The van der Waals surface area contributed by atoms with E-state index in [-0.39, 0.29) is 24.3 Å². The number of benzene rings is 2. The number of hydrogen-bond donors (Lipinski definition) is 3. The average molecular weight is 554 g/mol. The van der Waals surface area contributed by atoms with Crippen LogP contribution in [0.15, 0.2) is 73.2 Å². The third-order valence-corrected chi connectivity index (χ3v) is 7.47. The second kappa shape index (κ2) is 11.4. The highest BCUT2D eigenvalue weighted by atomic mass is 35.5. The molecule has 1 atom stereocenters. The molecule has 0 aliphatic carbocycles. The number of nitrogens with one attached hydrogen (secondary N) is 3. The van der Waals surface area contributed by atoms with E-state index in [0.717, 1.165) is 35.5 Å². The first-order chi connectivity index (χ1) is 19.5. The Hall–Kier alpha value is -4.34. The summed E-state index contributed by atoms with van der Waals surface area (Å²) < 4.78 is 0. The number of pyridine rings is 1. The van der Waals surface area contributed by atoms with Crippen LogP contribution in [0.2, 0.25) is 5.02 Å². The van der Waals surface area contributed by atoms with Gasteiger partial charge in [0.05, 0.1) is 23.8 Å². The van der Waals surface area contributed by atoms with E-state index in [1.807, 2.05) is 30.5 Å². The SMILES string of the molecule is O=C1Cc2cnc(Nc3ccc(C(=O)NCC(c4cccnc4)N4CCCC4)cc3)nc2-c2ccc(Cl)cc2N1. The normalized spacial score (nSPS) is 15.4. The van der Waals surface area contributed by atoms with Gasteiger partial charge in [-0.1, -0.05) is 17.7 Å². The van der Waals surface area contributed by atoms with Crippen molar-refractivity contribution < 1.29 is 9.59 Å².